The lowest BCUT2D eigenvalue weighted by Gasteiger charge is -2.14. The topological polar surface area (TPSA) is 62.1 Å². The van der Waals surface area contributed by atoms with E-state index in [0.29, 0.717) is 18.6 Å². The largest absolute Gasteiger partial charge is 0.480 e. The van der Waals surface area contributed by atoms with Crippen LogP contribution in [0.4, 0.5) is 5.69 Å². The predicted octanol–water partition coefficient (Wildman–Crippen LogP) is 3.63. The van der Waals surface area contributed by atoms with Gasteiger partial charge in [-0.05, 0) is 23.8 Å². The molecule has 0 aliphatic carbocycles. The molecule has 0 saturated carbocycles. The van der Waals surface area contributed by atoms with Crippen molar-refractivity contribution in [3.8, 4) is 11.8 Å². The Morgan fingerprint density at radius 3 is 2.87 bits per heavy atom. The van der Waals surface area contributed by atoms with Crippen molar-refractivity contribution >= 4 is 23.4 Å². The molecule has 1 unspecified atom stereocenters. The summed E-state index contributed by atoms with van der Waals surface area (Å²) in [6.07, 6.45) is 0.573. The molecule has 0 spiro atoms. The Balaban J connectivity index is 1.66. The minimum atomic E-state index is -0.496. The molecule has 5 heteroatoms. The number of nitriles is 1. The van der Waals surface area contributed by atoms with Crippen molar-refractivity contribution < 1.29 is 9.53 Å². The second-order valence-electron chi connectivity index (χ2n) is 5.16. The highest BCUT2D eigenvalue weighted by Crippen LogP contribution is 2.31. The van der Waals surface area contributed by atoms with Crippen LogP contribution in [-0.4, -0.2) is 17.8 Å². The summed E-state index contributed by atoms with van der Waals surface area (Å²) in [5.41, 5.74) is 1.82. The van der Waals surface area contributed by atoms with Crippen molar-refractivity contribution in [1.82, 2.24) is 0 Å². The number of carbonyl (C=O) groups excluding carboxylic acids is 1. The fraction of sp³-hybridized carbons (Fsp3) is 0.222. The molecule has 116 valence electrons. The Bertz CT molecular complexity index is 730. The molecule has 0 fully saturated rings. The first kappa shape index (κ1) is 15.4. The number of benzene rings is 2. The highest BCUT2D eigenvalue weighted by molar-refractivity contribution is 7.99. The molecular formula is C18H16N2O2S. The number of thioether (sulfide) groups is 1. The molecule has 4 nitrogen and oxygen atoms in total. The van der Waals surface area contributed by atoms with Crippen LogP contribution in [0.3, 0.4) is 0 Å². The van der Waals surface area contributed by atoms with Crippen LogP contribution in [-0.2, 0) is 11.2 Å². The number of fused-ring (bicyclic) bond motifs is 1. The normalized spacial score (nSPS) is 15.3. The Hall–Kier alpha value is -2.45. The van der Waals surface area contributed by atoms with Gasteiger partial charge in [-0.15, -0.1) is 11.8 Å². The van der Waals surface area contributed by atoms with Crippen molar-refractivity contribution in [2.24, 2.45) is 0 Å². The number of para-hydroxylation sites is 2. The van der Waals surface area contributed by atoms with Crippen LogP contribution < -0.4 is 10.1 Å². The molecule has 3 rings (SSSR count). The molecule has 0 radical (unpaired) electrons. The first-order valence-electron chi connectivity index (χ1n) is 7.42. The number of amides is 1. The minimum absolute atomic E-state index is 0.144. The lowest BCUT2D eigenvalue weighted by atomic mass is 10.1. The van der Waals surface area contributed by atoms with E-state index in [4.69, 9.17) is 10.00 Å². The molecule has 1 heterocycles. The molecule has 1 N–H and O–H groups in total. The van der Waals surface area contributed by atoms with E-state index >= 15 is 0 Å². The standard InChI is InChI=1S/C18H16N2O2S/c19-10-5-11-23-17-9-4-2-7-14(17)20-18(21)16-12-13-6-1-3-8-15(13)22-16/h1-4,6-9,16H,5,11-12H2,(H,20,21). The summed E-state index contributed by atoms with van der Waals surface area (Å²) >= 11 is 1.57. The Morgan fingerprint density at radius 1 is 1.26 bits per heavy atom. The van der Waals surface area contributed by atoms with Gasteiger partial charge < -0.3 is 10.1 Å². The summed E-state index contributed by atoms with van der Waals surface area (Å²) in [6.45, 7) is 0. The van der Waals surface area contributed by atoms with Crippen LogP contribution in [0.2, 0.25) is 0 Å². The van der Waals surface area contributed by atoms with Gasteiger partial charge in [-0.25, -0.2) is 0 Å². The first-order valence-corrected chi connectivity index (χ1v) is 8.40. The van der Waals surface area contributed by atoms with Crippen molar-refractivity contribution in [3.63, 3.8) is 0 Å². The van der Waals surface area contributed by atoms with Crippen LogP contribution in [0, 0.1) is 11.3 Å². The van der Waals surface area contributed by atoms with E-state index in [1.807, 2.05) is 48.5 Å². The van der Waals surface area contributed by atoms with E-state index in [1.54, 1.807) is 11.8 Å². The number of ether oxygens (including phenoxy) is 1. The van der Waals surface area contributed by atoms with Gasteiger partial charge in [0.05, 0.1) is 11.8 Å². The average molecular weight is 324 g/mol. The molecule has 23 heavy (non-hydrogen) atoms. The third kappa shape index (κ3) is 3.66. The van der Waals surface area contributed by atoms with E-state index < -0.39 is 6.10 Å². The second-order valence-corrected chi connectivity index (χ2v) is 6.30. The van der Waals surface area contributed by atoms with Gasteiger partial charge in [0.1, 0.15) is 5.75 Å². The summed E-state index contributed by atoms with van der Waals surface area (Å²) in [7, 11) is 0. The van der Waals surface area contributed by atoms with Gasteiger partial charge >= 0.3 is 0 Å². The first-order chi connectivity index (χ1) is 11.3. The van der Waals surface area contributed by atoms with Crippen LogP contribution in [0.25, 0.3) is 0 Å². The van der Waals surface area contributed by atoms with Crippen LogP contribution in [0.15, 0.2) is 53.4 Å². The molecule has 2 aromatic carbocycles. The smallest absolute Gasteiger partial charge is 0.265 e. The monoisotopic (exact) mass is 324 g/mol. The van der Waals surface area contributed by atoms with Gasteiger partial charge in [0.2, 0.25) is 0 Å². The quantitative estimate of drug-likeness (QED) is 0.674. The van der Waals surface area contributed by atoms with E-state index in [9.17, 15) is 4.79 Å². The fourth-order valence-corrected chi connectivity index (χ4v) is 3.31. The average Bonchev–Trinajstić information content (AvgIpc) is 3.01. The maximum Gasteiger partial charge on any atom is 0.265 e. The summed E-state index contributed by atoms with van der Waals surface area (Å²) in [5.74, 6) is 1.34. The van der Waals surface area contributed by atoms with Crippen LogP contribution in [0.1, 0.15) is 12.0 Å². The molecule has 0 bridgehead atoms. The number of hydrogen-bond donors (Lipinski definition) is 1. The number of anilines is 1. The summed E-state index contributed by atoms with van der Waals surface area (Å²) in [6, 6.07) is 17.5. The zero-order chi connectivity index (χ0) is 16.1. The summed E-state index contributed by atoms with van der Waals surface area (Å²) in [4.78, 5) is 13.4. The molecule has 1 amide bonds. The highest BCUT2D eigenvalue weighted by atomic mass is 32.2. The molecule has 1 aliphatic heterocycles. The maximum atomic E-state index is 12.5. The summed E-state index contributed by atoms with van der Waals surface area (Å²) in [5, 5.41) is 11.6. The van der Waals surface area contributed by atoms with Crippen molar-refractivity contribution in [1.29, 1.82) is 5.26 Å². The van der Waals surface area contributed by atoms with Crippen LogP contribution >= 0.6 is 11.8 Å². The van der Waals surface area contributed by atoms with Gasteiger partial charge in [-0.1, -0.05) is 30.3 Å². The van der Waals surface area contributed by atoms with E-state index in [2.05, 4.69) is 11.4 Å². The van der Waals surface area contributed by atoms with E-state index in [0.717, 1.165) is 21.9 Å². The number of carbonyl (C=O) groups is 1. The number of rotatable bonds is 5. The SMILES string of the molecule is N#CCCSc1ccccc1NC(=O)C1Cc2ccccc2O1. The zero-order valence-corrected chi connectivity index (χ0v) is 13.3. The van der Waals surface area contributed by atoms with E-state index in [1.165, 1.54) is 0 Å². The number of nitrogens with one attached hydrogen (secondary N) is 1. The maximum absolute atomic E-state index is 12.5. The van der Waals surface area contributed by atoms with E-state index in [-0.39, 0.29) is 5.91 Å². The molecule has 1 aliphatic rings. The molecule has 0 aromatic heterocycles. The third-order valence-corrected chi connectivity index (χ3v) is 4.63. The zero-order valence-electron chi connectivity index (χ0n) is 12.5. The lowest BCUT2D eigenvalue weighted by Crippen LogP contribution is -2.31. The van der Waals surface area contributed by atoms with Crippen molar-refractivity contribution in [3.05, 3.63) is 54.1 Å². The van der Waals surface area contributed by atoms with Gasteiger partial charge in [-0.2, -0.15) is 5.26 Å². The molecular weight excluding hydrogens is 308 g/mol. The van der Waals surface area contributed by atoms with Gasteiger partial charge in [0.25, 0.3) is 5.91 Å². The predicted molar refractivity (Wildman–Crippen MR) is 90.6 cm³/mol. The Kier molecular flexibility index (Phi) is 4.84. The van der Waals surface area contributed by atoms with Crippen LogP contribution in [0.5, 0.6) is 5.75 Å². The fourth-order valence-electron chi connectivity index (χ4n) is 2.44. The molecule has 0 saturated heterocycles. The second kappa shape index (κ2) is 7.21. The minimum Gasteiger partial charge on any atom is -0.480 e. The Labute approximate surface area is 139 Å². The lowest BCUT2D eigenvalue weighted by molar-refractivity contribution is -0.122. The van der Waals surface area contributed by atoms with Gasteiger partial charge in [-0.3, -0.25) is 4.79 Å². The van der Waals surface area contributed by atoms with Crippen molar-refractivity contribution in [2.75, 3.05) is 11.1 Å². The molecule has 1 atom stereocenters. The Morgan fingerprint density at radius 2 is 2.04 bits per heavy atom. The van der Waals surface area contributed by atoms with Gasteiger partial charge in [0, 0.05) is 23.5 Å². The molecule has 2 aromatic rings. The van der Waals surface area contributed by atoms with Gasteiger partial charge in [0.15, 0.2) is 6.10 Å². The number of nitrogens with zero attached hydrogens (tertiary/aromatic N) is 1. The summed E-state index contributed by atoms with van der Waals surface area (Å²) < 4.78 is 5.72. The van der Waals surface area contributed by atoms with Crippen molar-refractivity contribution in [2.45, 2.75) is 23.8 Å². The highest BCUT2D eigenvalue weighted by Gasteiger charge is 2.29. The number of hydrogen-bond acceptors (Lipinski definition) is 4. The third-order valence-electron chi connectivity index (χ3n) is 3.56.